The summed E-state index contributed by atoms with van der Waals surface area (Å²) in [5.41, 5.74) is 4.06. The van der Waals surface area contributed by atoms with Gasteiger partial charge in [0.05, 0.1) is 6.61 Å². The van der Waals surface area contributed by atoms with Crippen molar-refractivity contribution in [2.75, 3.05) is 6.61 Å². The summed E-state index contributed by atoms with van der Waals surface area (Å²) in [6.45, 7) is 8.97. The SMILES string of the molecule is CCOC(=O)C=C1C=C(CC(C)CC=C(C)CC)CC1. The summed E-state index contributed by atoms with van der Waals surface area (Å²) in [7, 11) is 0. The van der Waals surface area contributed by atoms with E-state index in [4.69, 9.17) is 4.74 Å². The van der Waals surface area contributed by atoms with Crippen molar-refractivity contribution < 1.29 is 9.53 Å². The molecule has 1 aliphatic rings. The van der Waals surface area contributed by atoms with Crippen LogP contribution in [0.4, 0.5) is 0 Å². The molecule has 1 rings (SSSR count). The fraction of sp³-hybridized carbons (Fsp3) is 0.611. The normalized spacial score (nSPS) is 19.1. The molecule has 0 radical (unpaired) electrons. The van der Waals surface area contributed by atoms with Crippen LogP contribution in [0.5, 0.6) is 0 Å². The molecule has 0 aromatic rings. The number of rotatable bonds is 7. The van der Waals surface area contributed by atoms with Crippen LogP contribution in [0.2, 0.25) is 0 Å². The number of carbonyl (C=O) groups excluding carboxylic acids is 1. The van der Waals surface area contributed by atoms with Gasteiger partial charge in [-0.15, -0.1) is 0 Å². The minimum absolute atomic E-state index is 0.213. The van der Waals surface area contributed by atoms with Gasteiger partial charge in [-0.3, -0.25) is 0 Å². The highest BCUT2D eigenvalue weighted by atomic mass is 16.5. The molecule has 1 unspecified atom stereocenters. The third-order valence-electron chi connectivity index (χ3n) is 3.75. The van der Waals surface area contributed by atoms with E-state index < -0.39 is 0 Å². The Morgan fingerprint density at radius 2 is 2.15 bits per heavy atom. The second kappa shape index (κ2) is 8.78. The van der Waals surface area contributed by atoms with Crippen LogP contribution >= 0.6 is 0 Å². The largest absolute Gasteiger partial charge is 0.463 e. The molecule has 0 aromatic heterocycles. The van der Waals surface area contributed by atoms with E-state index >= 15 is 0 Å². The Hall–Kier alpha value is -1.31. The maximum atomic E-state index is 11.4. The summed E-state index contributed by atoms with van der Waals surface area (Å²) < 4.78 is 4.95. The second-order valence-electron chi connectivity index (χ2n) is 5.72. The van der Waals surface area contributed by atoms with Crippen molar-refractivity contribution in [2.24, 2.45) is 5.92 Å². The zero-order chi connectivity index (χ0) is 15.0. The van der Waals surface area contributed by atoms with Gasteiger partial charge in [-0.1, -0.05) is 37.1 Å². The zero-order valence-corrected chi connectivity index (χ0v) is 13.4. The third kappa shape index (κ3) is 6.23. The Morgan fingerprint density at radius 3 is 2.80 bits per heavy atom. The number of ether oxygens (including phenoxy) is 1. The van der Waals surface area contributed by atoms with E-state index in [2.05, 4.69) is 32.9 Å². The van der Waals surface area contributed by atoms with E-state index in [1.54, 1.807) is 6.08 Å². The topological polar surface area (TPSA) is 26.3 Å². The molecule has 0 spiro atoms. The van der Waals surface area contributed by atoms with Crippen molar-refractivity contribution >= 4 is 5.97 Å². The Morgan fingerprint density at radius 1 is 1.40 bits per heavy atom. The first-order valence-corrected chi connectivity index (χ1v) is 7.77. The van der Waals surface area contributed by atoms with Crippen LogP contribution in [0, 0.1) is 5.92 Å². The summed E-state index contributed by atoms with van der Waals surface area (Å²) in [6, 6.07) is 0. The van der Waals surface area contributed by atoms with Gasteiger partial charge in [0.25, 0.3) is 0 Å². The van der Waals surface area contributed by atoms with Gasteiger partial charge in [-0.2, -0.15) is 0 Å². The van der Waals surface area contributed by atoms with Crippen LogP contribution in [-0.2, 0) is 9.53 Å². The summed E-state index contributed by atoms with van der Waals surface area (Å²) in [4.78, 5) is 11.4. The van der Waals surface area contributed by atoms with Crippen LogP contribution in [0.25, 0.3) is 0 Å². The minimum atomic E-state index is -0.213. The number of hydrogen-bond donors (Lipinski definition) is 0. The molecule has 112 valence electrons. The van der Waals surface area contributed by atoms with Crippen molar-refractivity contribution in [3.63, 3.8) is 0 Å². The predicted molar refractivity (Wildman–Crippen MR) is 84.5 cm³/mol. The second-order valence-corrected chi connectivity index (χ2v) is 5.72. The smallest absolute Gasteiger partial charge is 0.331 e. The molecular formula is C18H28O2. The molecule has 0 amide bonds. The van der Waals surface area contributed by atoms with Gasteiger partial charge in [0.2, 0.25) is 0 Å². The van der Waals surface area contributed by atoms with Crippen molar-refractivity contribution in [1.82, 2.24) is 0 Å². The molecule has 1 aliphatic carbocycles. The summed E-state index contributed by atoms with van der Waals surface area (Å²) in [5.74, 6) is 0.458. The molecule has 0 heterocycles. The van der Waals surface area contributed by atoms with E-state index in [1.807, 2.05) is 6.92 Å². The first kappa shape index (κ1) is 16.7. The number of hydrogen-bond acceptors (Lipinski definition) is 2. The first-order valence-electron chi connectivity index (χ1n) is 7.77. The molecule has 2 heteroatoms. The lowest BCUT2D eigenvalue weighted by atomic mass is 9.96. The summed E-state index contributed by atoms with van der Waals surface area (Å²) in [6.07, 6.45) is 11.7. The maximum Gasteiger partial charge on any atom is 0.331 e. The van der Waals surface area contributed by atoms with Crippen LogP contribution in [0.1, 0.15) is 59.8 Å². The molecule has 2 nitrogen and oxygen atoms in total. The number of carbonyl (C=O) groups is 1. The fourth-order valence-corrected chi connectivity index (χ4v) is 2.40. The lowest BCUT2D eigenvalue weighted by molar-refractivity contribution is -0.137. The molecular weight excluding hydrogens is 248 g/mol. The Balaban J connectivity index is 2.47. The van der Waals surface area contributed by atoms with Crippen molar-refractivity contribution in [1.29, 1.82) is 0 Å². The minimum Gasteiger partial charge on any atom is -0.463 e. The highest BCUT2D eigenvalue weighted by Gasteiger charge is 2.13. The van der Waals surface area contributed by atoms with Crippen molar-refractivity contribution in [2.45, 2.75) is 59.8 Å². The Bertz CT molecular complexity index is 413. The van der Waals surface area contributed by atoms with Gasteiger partial charge in [0, 0.05) is 6.08 Å². The van der Waals surface area contributed by atoms with Gasteiger partial charge in [0.15, 0.2) is 0 Å². The van der Waals surface area contributed by atoms with E-state index in [9.17, 15) is 4.79 Å². The highest BCUT2D eigenvalue weighted by Crippen LogP contribution is 2.29. The Kier molecular flexibility index (Phi) is 7.35. The van der Waals surface area contributed by atoms with Crippen molar-refractivity contribution in [3.8, 4) is 0 Å². The monoisotopic (exact) mass is 276 g/mol. The van der Waals surface area contributed by atoms with Crippen molar-refractivity contribution in [3.05, 3.63) is 34.9 Å². The van der Waals surface area contributed by atoms with Gasteiger partial charge in [0.1, 0.15) is 0 Å². The van der Waals surface area contributed by atoms with E-state index in [0.717, 1.165) is 37.7 Å². The quantitative estimate of drug-likeness (QED) is 0.373. The van der Waals surface area contributed by atoms with Gasteiger partial charge in [-0.25, -0.2) is 4.79 Å². The van der Waals surface area contributed by atoms with Gasteiger partial charge >= 0.3 is 5.97 Å². The summed E-state index contributed by atoms with van der Waals surface area (Å²) >= 11 is 0. The average molecular weight is 276 g/mol. The summed E-state index contributed by atoms with van der Waals surface area (Å²) in [5, 5.41) is 0. The third-order valence-corrected chi connectivity index (χ3v) is 3.75. The molecule has 0 aliphatic heterocycles. The molecule has 0 N–H and O–H groups in total. The standard InChI is InChI=1S/C18H28O2/c1-5-14(3)7-8-15(4)11-16-9-10-17(12-16)13-18(19)20-6-2/h7,12-13,15H,5-6,8-11H2,1-4H3. The Labute approximate surface area is 123 Å². The molecule has 0 saturated heterocycles. The molecule has 0 bridgehead atoms. The van der Waals surface area contributed by atoms with Crippen LogP contribution in [0.15, 0.2) is 34.9 Å². The molecule has 0 fully saturated rings. The van der Waals surface area contributed by atoms with E-state index in [1.165, 1.54) is 11.1 Å². The fourth-order valence-electron chi connectivity index (χ4n) is 2.40. The van der Waals surface area contributed by atoms with Gasteiger partial charge in [-0.05, 0) is 57.4 Å². The van der Waals surface area contributed by atoms with E-state index in [0.29, 0.717) is 12.5 Å². The number of esters is 1. The lowest BCUT2D eigenvalue weighted by Gasteiger charge is -2.09. The van der Waals surface area contributed by atoms with Crippen LogP contribution < -0.4 is 0 Å². The molecule has 20 heavy (non-hydrogen) atoms. The zero-order valence-electron chi connectivity index (χ0n) is 13.4. The van der Waals surface area contributed by atoms with Crippen LogP contribution in [0.3, 0.4) is 0 Å². The maximum absolute atomic E-state index is 11.4. The molecule has 1 atom stereocenters. The molecule has 0 aromatic carbocycles. The predicted octanol–water partition coefficient (Wildman–Crippen LogP) is 4.97. The number of allylic oxidation sites excluding steroid dienone is 5. The average Bonchev–Trinajstić information content (AvgIpc) is 2.83. The highest BCUT2D eigenvalue weighted by molar-refractivity contribution is 5.83. The molecule has 0 saturated carbocycles. The first-order chi connectivity index (χ1) is 9.55. The lowest BCUT2D eigenvalue weighted by Crippen LogP contribution is -1.99. The van der Waals surface area contributed by atoms with Gasteiger partial charge < -0.3 is 4.74 Å². The van der Waals surface area contributed by atoms with E-state index in [-0.39, 0.29) is 5.97 Å². The van der Waals surface area contributed by atoms with Crippen LogP contribution in [-0.4, -0.2) is 12.6 Å².